The fraction of sp³-hybridized carbons (Fsp3) is 0.706. The molecule has 108 valence electrons. The summed E-state index contributed by atoms with van der Waals surface area (Å²) in [5.41, 5.74) is 0.831. The van der Waals surface area contributed by atoms with Crippen molar-refractivity contribution in [1.29, 1.82) is 0 Å². The van der Waals surface area contributed by atoms with Gasteiger partial charge in [0.25, 0.3) is 0 Å². The molecule has 0 fully saturated rings. The summed E-state index contributed by atoms with van der Waals surface area (Å²) in [6.07, 6.45) is 9.27. The van der Waals surface area contributed by atoms with Crippen LogP contribution in [-0.2, 0) is 4.79 Å². The SMILES string of the molecule is CC1=CCCC(C)(C)C1/C=C/C(=O)CCC(C)(C)O. The maximum atomic E-state index is 11.8. The zero-order valence-electron chi connectivity index (χ0n) is 13.0. The third-order valence-electron chi connectivity index (χ3n) is 4.05. The Labute approximate surface area is 117 Å². The lowest BCUT2D eigenvalue weighted by Crippen LogP contribution is -2.26. The van der Waals surface area contributed by atoms with Crippen LogP contribution in [0.5, 0.6) is 0 Å². The average molecular weight is 264 g/mol. The molecule has 0 bridgehead atoms. The number of ketones is 1. The smallest absolute Gasteiger partial charge is 0.155 e. The van der Waals surface area contributed by atoms with Crippen molar-refractivity contribution in [2.75, 3.05) is 0 Å². The predicted octanol–water partition coefficient (Wildman–Crippen LogP) is 4.05. The number of aliphatic hydroxyl groups is 1. The lowest BCUT2D eigenvalue weighted by Gasteiger charge is -2.36. The van der Waals surface area contributed by atoms with E-state index in [1.165, 1.54) is 5.57 Å². The van der Waals surface area contributed by atoms with Crippen molar-refractivity contribution in [3.63, 3.8) is 0 Å². The summed E-state index contributed by atoms with van der Waals surface area (Å²) in [7, 11) is 0. The van der Waals surface area contributed by atoms with Gasteiger partial charge in [-0.1, -0.05) is 31.6 Å². The van der Waals surface area contributed by atoms with E-state index in [1.54, 1.807) is 19.9 Å². The van der Waals surface area contributed by atoms with Gasteiger partial charge in [-0.3, -0.25) is 4.79 Å². The van der Waals surface area contributed by atoms with Crippen molar-refractivity contribution in [1.82, 2.24) is 0 Å². The number of hydrogen-bond acceptors (Lipinski definition) is 2. The lowest BCUT2D eigenvalue weighted by molar-refractivity contribution is -0.115. The highest BCUT2D eigenvalue weighted by molar-refractivity contribution is 5.89. The van der Waals surface area contributed by atoms with E-state index in [1.807, 2.05) is 0 Å². The van der Waals surface area contributed by atoms with Gasteiger partial charge in [0.2, 0.25) is 0 Å². The van der Waals surface area contributed by atoms with Gasteiger partial charge in [-0.15, -0.1) is 0 Å². The van der Waals surface area contributed by atoms with E-state index in [0.717, 1.165) is 12.8 Å². The van der Waals surface area contributed by atoms with Gasteiger partial charge in [0, 0.05) is 12.3 Å². The molecule has 0 spiro atoms. The summed E-state index contributed by atoms with van der Waals surface area (Å²) in [4.78, 5) is 11.8. The molecule has 0 saturated heterocycles. The van der Waals surface area contributed by atoms with Crippen LogP contribution in [0.25, 0.3) is 0 Å². The third-order valence-corrected chi connectivity index (χ3v) is 4.05. The zero-order chi connectivity index (χ0) is 14.7. The predicted molar refractivity (Wildman–Crippen MR) is 79.9 cm³/mol. The molecule has 0 aromatic heterocycles. The molecule has 1 rings (SSSR count). The molecular weight excluding hydrogens is 236 g/mol. The summed E-state index contributed by atoms with van der Waals surface area (Å²) >= 11 is 0. The molecule has 19 heavy (non-hydrogen) atoms. The molecule has 1 N–H and O–H groups in total. The van der Waals surface area contributed by atoms with E-state index < -0.39 is 5.60 Å². The monoisotopic (exact) mass is 264 g/mol. The Hall–Kier alpha value is -0.890. The summed E-state index contributed by atoms with van der Waals surface area (Å²) in [5.74, 6) is 0.462. The highest BCUT2D eigenvalue weighted by Gasteiger charge is 2.30. The van der Waals surface area contributed by atoms with Gasteiger partial charge in [-0.05, 0) is 51.5 Å². The van der Waals surface area contributed by atoms with Crippen molar-refractivity contribution in [2.24, 2.45) is 11.3 Å². The summed E-state index contributed by atoms with van der Waals surface area (Å²) < 4.78 is 0. The van der Waals surface area contributed by atoms with Crippen molar-refractivity contribution in [2.45, 2.75) is 65.9 Å². The molecule has 0 radical (unpaired) electrons. The van der Waals surface area contributed by atoms with Crippen molar-refractivity contribution < 1.29 is 9.90 Å². The number of carbonyl (C=O) groups is 1. The minimum Gasteiger partial charge on any atom is -0.390 e. The Bertz CT molecular complexity index is 381. The van der Waals surface area contributed by atoms with Crippen LogP contribution < -0.4 is 0 Å². The Morgan fingerprint density at radius 1 is 1.53 bits per heavy atom. The molecule has 2 heteroatoms. The molecule has 0 saturated carbocycles. The Morgan fingerprint density at radius 3 is 2.68 bits per heavy atom. The van der Waals surface area contributed by atoms with Gasteiger partial charge in [-0.25, -0.2) is 0 Å². The number of carbonyl (C=O) groups excluding carboxylic acids is 1. The molecule has 1 aliphatic rings. The highest BCUT2D eigenvalue weighted by Crippen LogP contribution is 2.41. The Morgan fingerprint density at radius 2 is 2.16 bits per heavy atom. The maximum Gasteiger partial charge on any atom is 0.155 e. The number of allylic oxidation sites excluding steroid dienone is 4. The van der Waals surface area contributed by atoms with Crippen molar-refractivity contribution in [3.05, 3.63) is 23.8 Å². The molecule has 0 aromatic rings. The molecule has 2 nitrogen and oxygen atoms in total. The zero-order valence-corrected chi connectivity index (χ0v) is 13.0. The van der Waals surface area contributed by atoms with Gasteiger partial charge >= 0.3 is 0 Å². The van der Waals surface area contributed by atoms with E-state index in [0.29, 0.717) is 18.8 Å². The van der Waals surface area contributed by atoms with E-state index >= 15 is 0 Å². The van der Waals surface area contributed by atoms with Gasteiger partial charge in [-0.2, -0.15) is 0 Å². The normalized spacial score (nSPS) is 23.5. The van der Waals surface area contributed by atoms with E-state index in [4.69, 9.17) is 0 Å². The first-order chi connectivity index (χ1) is 8.62. The van der Waals surface area contributed by atoms with Crippen molar-refractivity contribution in [3.8, 4) is 0 Å². The van der Waals surface area contributed by atoms with Gasteiger partial charge in [0.15, 0.2) is 5.78 Å². The number of hydrogen-bond donors (Lipinski definition) is 1. The highest BCUT2D eigenvalue weighted by atomic mass is 16.3. The van der Waals surface area contributed by atoms with Crippen LogP contribution in [0.15, 0.2) is 23.8 Å². The minimum absolute atomic E-state index is 0.108. The van der Waals surface area contributed by atoms with Gasteiger partial charge in [0.1, 0.15) is 0 Å². The summed E-state index contributed by atoms with van der Waals surface area (Å²) in [5, 5.41) is 9.62. The molecular formula is C17H28O2. The van der Waals surface area contributed by atoms with Crippen molar-refractivity contribution >= 4 is 5.78 Å². The second kappa shape index (κ2) is 6.04. The second-order valence-electron chi connectivity index (χ2n) is 7.09. The van der Waals surface area contributed by atoms with Crippen LogP contribution in [0.4, 0.5) is 0 Å². The van der Waals surface area contributed by atoms with Crippen LogP contribution in [0, 0.1) is 11.3 Å². The first-order valence-corrected chi connectivity index (χ1v) is 7.22. The third kappa shape index (κ3) is 5.32. The lowest BCUT2D eigenvalue weighted by atomic mass is 9.68. The maximum absolute atomic E-state index is 11.8. The van der Waals surface area contributed by atoms with Crippen LogP contribution in [0.2, 0.25) is 0 Å². The van der Waals surface area contributed by atoms with Crippen LogP contribution in [0.3, 0.4) is 0 Å². The molecule has 0 amide bonds. The minimum atomic E-state index is -0.760. The molecule has 1 aliphatic carbocycles. The molecule has 0 aliphatic heterocycles. The summed E-state index contributed by atoms with van der Waals surface area (Å²) in [6.45, 7) is 10.2. The van der Waals surface area contributed by atoms with Gasteiger partial charge in [0.05, 0.1) is 5.60 Å². The van der Waals surface area contributed by atoms with E-state index in [-0.39, 0.29) is 11.2 Å². The Kier molecular flexibility index (Phi) is 5.14. The molecule has 0 heterocycles. The Balaban J connectivity index is 2.62. The van der Waals surface area contributed by atoms with E-state index in [2.05, 4.69) is 32.9 Å². The number of rotatable bonds is 5. The standard InChI is InChI=1S/C17H28O2/c1-13-7-6-11-16(2,3)15(13)9-8-14(18)10-12-17(4,5)19/h7-9,15,19H,6,10-12H2,1-5H3/b9-8+. The fourth-order valence-corrected chi connectivity index (χ4v) is 2.70. The first-order valence-electron chi connectivity index (χ1n) is 7.22. The summed E-state index contributed by atoms with van der Waals surface area (Å²) in [6, 6.07) is 0. The molecule has 1 atom stereocenters. The fourth-order valence-electron chi connectivity index (χ4n) is 2.70. The topological polar surface area (TPSA) is 37.3 Å². The molecule has 1 unspecified atom stereocenters. The second-order valence-corrected chi connectivity index (χ2v) is 7.09. The van der Waals surface area contributed by atoms with Gasteiger partial charge < -0.3 is 5.11 Å². The molecule has 0 aromatic carbocycles. The largest absolute Gasteiger partial charge is 0.390 e. The van der Waals surface area contributed by atoms with Crippen LogP contribution in [-0.4, -0.2) is 16.5 Å². The first kappa shape index (κ1) is 16.2. The average Bonchev–Trinajstić information content (AvgIpc) is 2.23. The van der Waals surface area contributed by atoms with Crippen LogP contribution in [0.1, 0.15) is 60.3 Å². The van der Waals surface area contributed by atoms with Crippen LogP contribution >= 0.6 is 0 Å². The van der Waals surface area contributed by atoms with E-state index in [9.17, 15) is 9.90 Å². The quantitative estimate of drug-likeness (QED) is 0.601.